The lowest BCUT2D eigenvalue weighted by Gasteiger charge is -2.01. The van der Waals surface area contributed by atoms with Gasteiger partial charge in [-0.15, -0.1) is 10.2 Å². The van der Waals surface area contributed by atoms with Crippen LogP contribution in [0.1, 0.15) is 5.56 Å². The van der Waals surface area contributed by atoms with Crippen LogP contribution in [0.3, 0.4) is 0 Å². The Kier molecular flexibility index (Phi) is 4.72. The third kappa shape index (κ3) is 4.24. The fourth-order valence-corrected chi connectivity index (χ4v) is 1.71. The summed E-state index contributed by atoms with van der Waals surface area (Å²) in [6.07, 6.45) is 6.59. The lowest BCUT2D eigenvalue weighted by Crippen LogP contribution is -2.03. The Balaban J connectivity index is 1.86. The van der Waals surface area contributed by atoms with Crippen LogP contribution < -0.4 is 5.43 Å². The van der Waals surface area contributed by atoms with Crippen LogP contribution >= 0.6 is 0 Å². The minimum Gasteiger partial charge on any atom is -0.265 e. The van der Waals surface area contributed by atoms with E-state index in [-0.39, 0.29) is 0 Å². The largest absolute Gasteiger partial charge is 0.265 e. The molecule has 1 N–H and O–H groups in total. The summed E-state index contributed by atoms with van der Waals surface area (Å²) in [4.78, 5) is 12.1. The Morgan fingerprint density at radius 3 is 2.30 bits per heavy atom. The molecule has 0 bridgehead atoms. The Labute approximate surface area is 132 Å². The number of hydrogen-bond acceptors (Lipinski definition) is 6. The van der Waals surface area contributed by atoms with Gasteiger partial charge in [-0.2, -0.15) is 5.10 Å². The van der Waals surface area contributed by atoms with E-state index in [0.717, 1.165) is 11.3 Å². The predicted molar refractivity (Wildman–Crippen MR) is 87.4 cm³/mol. The van der Waals surface area contributed by atoms with Gasteiger partial charge in [0.2, 0.25) is 11.8 Å². The molecule has 0 saturated heterocycles. The molecular formula is C16H13N7. The molecule has 3 aromatic rings. The minimum atomic E-state index is 0.383. The fraction of sp³-hybridized carbons (Fsp3) is 0. The molecule has 3 rings (SSSR count). The highest BCUT2D eigenvalue weighted by Crippen LogP contribution is 2.12. The van der Waals surface area contributed by atoms with E-state index in [2.05, 4.69) is 35.7 Å². The van der Waals surface area contributed by atoms with Crippen LogP contribution in [-0.4, -0.2) is 20.8 Å². The molecule has 2 heterocycles. The van der Waals surface area contributed by atoms with Crippen LogP contribution in [0.25, 0.3) is 0 Å². The molecule has 0 aliphatic carbocycles. The van der Waals surface area contributed by atoms with E-state index in [1.54, 1.807) is 43.0 Å². The lowest BCUT2D eigenvalue weighted by atomic mass is 10.2. The highest BCUT2D eigenvalue weighted by molar-refractivity contribution is 5.99. The summed E-state index contributed by atoms with van der Waals surface area (Å²) < 4.78 is 0. The van der Waals surface area contributed by atoms with E-state index in [1.165, 1.54) is 0 Å². The number of anilines is 1. The number of nitrogens with zero attached hydrogens (tertiary/aromatic N) is 6. The maximum Gasteiger partial charge on any atom is 0.243 e. The van der Waals surface area contributed by atoms with Gasteiger partial charge < -0.3 is 0 Å². The summed E-state index contributed by atoms with van der Waals surface area (Å²) in [5, 5.41) is 12.6. The molecule has 7 nitrogen and oxygen atoms in total. The van der Waals surface area contributed by atoms with Gasteiger partial charge in [0.25, 0.3) is 0 Å². The van der Waals surface area contributed by atoms with Crippen molar-refractivity contribution in [3.63, 3.8) is 0 Å². The van der Waals surface area contributed by atoms with E-state index in [0.29, 0.717) is 11.8 Å². The topological polar surface area (TPSA) is 87.8 Å². The van der Waals surface area contributed by atoms with Gasteiger partial charge in [-0.25, -0.2) is 15.4 Å². The second kappa shape index (κ2) is 7.51. The first-order valence-electron chi connectivity index (χ1n) is 6.90. The summed E-state index contributed by atoms with van der Waals surface area (Å²) in [5.41, 5.74) is 4.29. The highest BCUT2D eigenvalue weighted by Gasteiger charge is 2.03. The molecular weight excluding hydrogens is 290 g/mol. The number of amidine groups is 1. The van der Waals surface area contributed by atoms with Gasteiger partial charge in [0.15, 0.2) is 0 Å². The summed E-state index contributed by atoms with van der Waals surface area (Å²) in [5.74, 6) is 0.790. The molecule has 0 aliphatic heterocycles. The minimum absolute atomic E-state index is 0.383. The number of nitrogens with one attached hydrogen (secondary N) is 1. The van der Waals surface area contributed by atoms with Crippen molar-refractivity contribution >= 4 is 17.5 Å². The molecule has 7 heteroatoms. The maximum atomic E-state index is 4.23. The average Bonchev–Trinajstić information content (AvgIpc) is 2.64. The molecule has 0 radical (unpaired) electrons. The van der Waals surface area contributed by atoms with E-state index in [4.69, 9.17) is 0 Å². The van der Waals surface area contributed by atoms with Crippen molar-refractivity contribution in [2.75, 3.05) is 5.43 Å². The van der Waals surface area contributed by atoms with Crippen molar-refractivity contribution < 1.29 is 0 Å². The molecule has 0 amide bonds. The van der Waals surface area contributed by atoms with Gasteiger partial charge in [0, 0.05) is 30.4 Å². The Morgan fingerprint density at radius 1 is 0.826 bits per heavy atom. The molecule has 23 heavy (non-hydrogen) atoms. The summed E-state index contributed by atoms with van der Waals surface area (Å²) in [6.45, 7) is 0. The van der Waals surface area contributed by atoms with E-state index < -0.39 is 0 Å². The quantitative estimate of drug-likeness (QED) is 0.346. The van der Waals surface area contributed by atoms with Crippen molar-refractivity contribution in [3.8, 4) is 0 Å². The number of aromatic nitrogens is 3. The van der Waals surface area contributed by atoms with Crippen molar-refractivity contribution in [2.45, 2.75) is 0 Å². The van der Waals surface area contributed by atoms with Gasteiger partial charge in [-0.1, -0.05) is 18.2 Å². The standard InChI is InChI=1S/C16H13N7/c1-2-5-14(6-3-1)20-21-15(13-7-11-17-12-8-13)22-23-16-18-9-4-10-19-16/h1-12H,(H,18,19,23)/b21-20+,22-15-. The number of azo groups is 1. The number of hydrogen-bond donors (Lipinski definition) is 1. The SMILES string of the molecule is c1ccc(/N=N/C(=N\Nc2ncccn2)c2ccncc2)cc1. The molecule has 0 atom stereocenters. The second-order valence-corrected chi connectivity index (χ2v) is 4.39. The third-order valence-electron chi connectivity index (χ3n) is 2.78. The molecule has 2 aromatic heterocycles. The lowest BCUT2D eigenvalue weighted by molar-refractivity contribution is 1.11. The van der Waals surface area contributed by atoms with Crippen molar-refractivity contribution in [3.05, 3.63) is 78.9 Å². The normalized spacial score (nSPS) is 11.6. The molecule has 0 unspecified atom stereocenters. The molecule has 0 spiro atoms. The van der Waals surface area contributed by atoms with Crippen LogP contribution in [0.4, 0.5) is 11.6 Å². The van der Waals surface area contributed by atoms with Gasteiger partial charge in [0.1, 0.15) is 0 Å². The van der Waals surface area contributed by atoms with Crippen LogP contribution in [0, 0.1) is 0 Å². The van der Waals surface area contributed by atoms with Crippen LogP contribution in [0.2, 0.25) is 0 Å². The monoisotopic (exact) mass is 303 g/mol. The van der Waals surface area contributed by atoms with Crippen LogP contribution in [-0.2, 0) is 0 Å². The molecule has 0 aliphatic rings. The second-order valence-electron chi connectivity index (χ2n) is 4.39. The van der Waals surface area contributed by atoms with E-state index in [9.17, 15) is 0 Å². The van der Waals surface area contributed by atoms with E-state index in [1.807, 2.05) is 30.3 Å². The zero-order chi connectivity index (χ0) is 15.7. The Bertz CT molecular complexity index is 786. The van der Waals surface area contributed by atoms with E-state index >= 15 is 0 Å². The van der Waals surface area contributed by atoms with Gasteiger partial charge >= 0.3 is 0 Å². The summed E-state index contributed by atoms with van der Waals surface area (Å²) in [6, 6.07) is 14.8. The molecule has 0 saturated carbocycles. The molecule has 112 valence electrons. The van der Waals surface area contributed by atoms with Crippen molar-refractivity contribution in [1.82, 2.24) is 15.0 Å². The highest BCUT2D eigenvalue weighted by atomic mass is 15.4. The number of rotatable bonds is 4. The van der Waals surface area contributed by atoms with Crippen molar-refractivity contribution in [2.24, 2.45) is 15.3 Å². The van der Waals surface area contributed by atoms with Gasteiger partial charge in [0.05, 0.1) is 5.69 Å². The fourth-order valence-electron chi connectivity index (χ4n) is 1.71. The summed E-state index contributed by atoms with van der Waals surface area (Å²) in [7, 11) is 0. The number of pyridine rings is 1. The zero-order valence-electron chi connectivity index (χ0n) is 12.1. The average molecular weight is 303 g/mol. The Morgan fingerprint density at radius 2 is 1.57 bits per heavy atom. The van der Waals surface area contributed by atoms with Crippen LogP contribution in [0.15, 0.2) is 88.6 Å². The van der Waals surface area contributed by atoms with Crippen LogP contribution in [0.5, 0.6) is 0 Å². The van der Waals surface area contributed by atoms with Crippen molar-refractivity contribution in [1.29, 1.82) is 0 Å². The summed E-state index contributed by atoms with van der Waals surface area (Å²) >= 11 is 0. The number of hydrazone groups is 1. The first-order valence-corrected chi connectivity index (χ1v) is 6.90. The van der Waals surface area contributed by atoms with Gasteiger partial charge in [-0.05, 0) is 30.3 Å². The molecule has 1 aromatic carbocycles. The van der Waals surface area contributed by atoms with Gasteiger partial charge in [-0.3, -0.25) is 4.98 Å². The molecule has 0 fully saturated rings. The zero-order valence-corrected chi connectivity index (χ0v) is 12.1. The third-order valence-corrected chi connectivity index (χ3v) is 2.78. The first kappa shape index (κ1) is 14.5. The maximum absolute atomic E-state index is 4.23. The Hall–Kier alpha value is -3.48. The number of benzene rings is 1. The first-order chi connectivity index (χ1) is 11.4. The smallest absolute Gasteiger partial charge is 0.243 e. The predicted octanol–water partition coefficient (Wildman–Crippen LogP) is 3.43.